The highest BCUT2D eigenvalue weighted by atomic mass is 32.1. The molecule has 5 rings (SSSR count). The molecule has 0 saturated heterocycles. The second kappa shape index (κ2) is 8.55. The predicted octanol–water partition coefficient (Wildman–Crippen LogP) is 3.55. The minimum absolute atomic E-state index is 0.179. The van der Waals surface area contributed by atoms with Gasteiger partial charge in [0.2, 0.25) is 5.91 Å². The number of benzene rings is 2. The molecule has 0 fully saturated rings. The standard InChI is InChI=1S/C25H22N4O3S/c1-15(24(31)28-27-22(30)13-16-7-6-12-33-16)29-23(18-9-2-3-10-19(18)25(29)32)20-14-26-21-11-5-4-8-17(20)21/h2-12,14-15,23,26H,13H2,1H3,(H,27,30)(H,28,31). The van der Waals surface area contributed by atoms with Crippen LogP contribution in [0.5, 0.6) is 0 Å². The number of para-hydroxylation sites is 1. The molecule has 7 nitrogen and oxygen atoms in total. The summed E-state index contributed by atoms with van der Waals surface area (Å²) in [5, 5.41) is 2.89. The van der Waals surface area contributed by atoms with E-state index in [0.29, 0.717) is 5.56 Å². The second-order valence-corrected chi connectivity index (χ2v) is 8.99. The molecule has 166 valence electrons. The largest absolute Gasteiger partial charge is 0.361 e. The van der Waals surface area contributed by atoms with Gasteiger partial charge in [-0.2, -0.15) is 0 Å². The molecule has 0 spiro atoms. The van der Waals surface area contributed by atoms with Gasteiger partial charge in [0, 0.05) is 33.1 Å². The molecule has 2 aromatic carbocycles. The SMILES string of the molecule is CC(C(=O)NNC(=O)Cc1cccs1)N1C(=O)c2ccccc2C1c1c[nH]c2ccccc12. The zero-order valence-electron chi connectivity index (χ0n) is 17.9. The number of amides is 3. The topological polar surface area (TPSA) is 94.3 Å². The highest BCUT2D eigenvalue weighted by Crippen LogP contribution is 2.42. The Balaban J connectivity index is 1.41. The van der Waals surface area contributed by atoms with Crippen LogP contribution in [0.3, 0.4) is 0 Å². The number of H-pyrrole nitrogens is 1. The van der Waals surface area contributed by atoms with Gasteiger partial charge in [0.15, 0.2) is 0 Å². The smallest absolute Gasteiger partial charge is 0.260 e. The van der Waals surface area contributed by atoms with Crippen LogP contribution in [0.15, 0.2) is 72.2 Å². The van der Waals surface area contributed by atoms with Crippen LogP contribution >= 0.6 is 11.3 Å². The minimum atomic E-state index is -0.814. The van der Waals surface area contributed by atoms with Gasteiger partial charge in [-0.05, 0) is 36.1 Å². The van der Waals surface area contributed by atoms with Crippen molar-refractivity contribution in [3.63, 3.8) is 0 Å². The highest BCUT2D eigenvalue weighted by Gasteiger charge is 2.43. The van der Waals surface area contributed by atoms with Crippen LogP contribution in [0.1, 0.15) is 39.3 Å². The highest BCUT2D eigenvalue weighted by molar-refractivity contribution is 7.10. The maximum absolute atomic E-state index is 13.4. The Kier molecular flexibility index (Phi) is 5.43. The molecule has 2 aromatic heterocycles. The number of fused-ring (bicyclic) bond motifs is 2. The van der Waals surface area contributed by atoms with Crippen molar-refractivity contribution < 1.29 is 14.4 Å². The molecule has 33 heavy (non-hydrogen) atoms. The number of aromatic amines is 1. The third-order valence-electron chi connectivity index (χ3n) is 5.95. The Labute approximate surface area is 194 Å². The number of rotatable bonds is 5. The maximum Gasteiger partial charge on any atom is 0.260 e. The average molecular weight is 459 g/mol. The van der Waals surface area contributed by atoms with Crippen LogP contribution in [0, 0.1) is 0 Å². The van der Waals surface area contributed by atoms with E-state index in [4.69, 9.17) is 0 Å². The number of nitrogens with one attached hydrogen (secondary N) is 3. The summed E-state index contributed by atoms with van der Waals surface area (Å²) >= 11 is 1.48. The zero-order valence-corrected chi connectivity index (χ0v) is 18.7. The van der Waals surface area contributed by atoms with Gasteiger partial charge in [-0.25, -0.2) is 0 Å². The molecular formula is C25H22N4O3S. The fraction of sp³-hybridized carbons (Fsp3) is 0.160. The summed E-state index contributed by atoms with van der Waals surface area (Å²) in [5.74, 6) is -0.990. The van der Waals surface area contributed by atoms with Crippen molar-refractivity contribution in [2.45, 2.75) is 25.4 Å². The molecule has 3 N–H and O–H groups in total. The van der Waals surface area contributed by atoms with Crippen molar-refractivity contribution in [3.05, 3.63) is 93.8 Å². The first-order valence-corrected chi connectivity index (χ1v) is 11.5. The van der Waals surface area contributed by atoms with Gasteiger partial charge < -0.3 is 9.88 Å². The van der Waals surface area contributed by atoms with Gasteiger partial charge in [0.1, 0.15) is 6.04 Å². The lowest BCUT2D eigenvalue weighted by Gasteiger charge is -2.30. The molecule has 3 amide bonds. The molecule has 1 aliphatic heterocycles. The third-order valence-corrected chi connectivity index (χ3v) is 6.83. The lowest BCUT2D eigenvalue weighted by Crippen LogP contribution is -2.52. The van der Waals surface area contributed by atoms with E-state index in [2.05, 4.69) is 15.8 Å². The monoisotopic (exact) mass is 458 g/mol. The Morgan fingerprint density at radius 1 is 1.03 bits per heavy atom. The summed E-state index contributed by atoms with van der Waals surface area (Å²) in [7, 11) is 0. The van der Waals surface area contributed by atoms with E-state index in [1.807, 2.05) is 66.2 Å². The van der Waals surface area contributed by atoms with Gasteiger partial charge >= 0.3 is 0 Å². The summed E-state index contributed by atoms with van der Waals surface area (Å²) < 4.78 is 0. The molecule has 2 unspecified atom stereocenters. The summed E-state index contributed by atoms with van der Waals surface area (Å²) in [6, 6.07) is 17.8. The molecular weight excluding hydrogens is 436 g/mol. The number of hydrogen-bond donors (Lipinski definition) is 3. The third kappa shape index (κ3) is 3.78. The zero-order chi connectivity index (χ0) is 22.9. The van der Waals surface area contributed by atoms with E-state index in [0.717, 1.165) is 26.9 Å². The first-order valence-electron chi connectivity index (χ1n) is 10.6. The lowest BCUT2D eigenvalue weighted by atomic mass is 9.97. The molecule has 4 aromatic rings. The molecule has 2 atom stereocenters. The number of carbonyl (C=O) groups excluding carboxylic acids is 3. The molecule has 0 saturated carbocycles. The van der Waals surface area contributed by atoms with E-state index in [9.17, 15) is 14.4 Å². The fourth-order valence-electron chi connectivity index (χ4n) is 4.35. The predicted molar refractivity (Wildman–Crippen MR) is 127 cm³/mol. The minimum Gasteiger partial charge on any atom is -0.361 e. The average Bonchev–Trinajstić information content (AvgIpc) is 3.55. The van der Waals surface area contributed by atoms with Crippen LogP contribution < -0.4 is 10.9 Å². The summed E-state index contributed by atoms with van der Waals surface area (Å²) in [6.07, 6.45) is 2.07. The Hall–Kier alpha value is -3.91. The molecule has 1 aliphatic rings. The summed E-state index contributed by atoms with van der Waals surface area (Å²) in [4.78, 5) is 44.3. The number of thiophene rings is 1. The van der Waals surface area contributed by atoms with Gasteiger partial charge in [-0.1, -0.05) is 42.5 Å². The van der Waals surface area contributed by atoms with Crippen molar-refractivity contribution >= 4 is 40.0 Å². The number of hydrazine groups is 1. The van der Waals surface area contributed by atoms with Crippen molar-refractivity contribution in [1.29, 1.82) is 0 Å². The van der Waals surface area contributed by atoms with Crippen LogP contribution in [0.25, 0.3) is 10.9 Å². The van der Waals surface area contributed by atoms with E-state index in [1.54, 1.807) is 17.9 Å². The summed E-state index contributed by atoms with van der Waals surface area (Å²) in [5.41, 5.74) is 8.27. The van der Waals surface area contributed by atoms with Crippen LogP contribution in [0.2, 0.25) is 0 Å². The first-order chi connectivity index (χ1) is 16.0. The lowest BCUT2D eigenvalue weighted by molar-refractivity contribution is -0.131. The number of nitrogens with zero attached hydrogens (tertiary/aromatic N) is 1. The van der Waals surface area contributed by atoms with Gasteiger partial charge in [-0.3, -0.25) is 25.2 Å². The van der Waals surface area contributed by atoms with Crippen molar-refractivity contribution in [3.8, 4) is 0 Å². The molecule has 0 aliphatic carbocycles. The second-order valence-electron chi connectivity index (χ2n) is 7.96. The van der Waals surface area contributed by atoms with Crippen LogP contribution in [-0.2, 0) is 16.0 Å². The fourth-order valence-corrected chi connectivity index (χ4v) is 5.05. The van der Waals surface area contributed by atoms with E-state index in [1.165, 1.54) is 11.3 Å². The molecule has 8 heteroatoms. The van der Waals surface area contributed by atoms with Crippen molar-refractivity contribution in [2.24, 2.45) is 0 Å². The van der Waals surface area contributed by atoms with Crippen LogP contribution in [-0.4, -0.2) is 33.6 Å². The van der Waals surface area contributed by atoms with E-state index >= 15 is 0 Å². The number of carbonyl (C=O) groups is 3. The molecule has 3 heterocycles. The number of aromatic nitrogens is 1. The van der Waals surface area contributed by atoms with Crippen molar-refractivity contribution in [1.82, 2.24) is 20.7 Å². The van der Waals surface area contributed by atoms with E-state index in [-0.39, 0.29) is 18.2 Å². The van der Waals surface area contributed by atoms with Crippen LogP contribution in [0.4, 0.5) is 0 Å². The number of hydrogen-bond acceptors (Lipinski definition) is 4. The van der Waals surface area contributed by atoms with E-state index < -0.39 is 18.0 Å². The summed E-state index contributed by atoms with van der Waals surface area (Å²) in [6.45, 7) is 1.67. The quantitative estimate of drug-likeness (QED) is 0.399. The Bertz CT molecular complexity index is 1340. The van der Waals surface area contributed by atoms with Gasteiger partial charge in [-0.15, -0.1) is 11.3 Å². The van der Waals surface area contributed by atoms with Gasteiger partial charge in [0.25, 0.3) is 11.8 Å². The Morgan fingerprint density at radius 3 is 2.64 bits per heavy atom. The first kappa shape index (κ1) is 21.0. The van der Waals surface area contributed by atoms with Crippen molar-refractivity contribution in [2.75, 3.05) is 0 Å². The molecule has 0 radical (unpaired) electrons. The van der Waals surface area contributed by atoms with Gasteiger partial charge in [0.05, 0.1) is 12.5 Å². The molecule has 0 bridgehead atoms. The normalized spacial score (nSPS) is 16.0. The maximum atomic E-state index is 13.4. The Morgan fingerprint density at radius 2 is 1.82 bits per heavy atom.